The van der Waals surface area contributed by atoms with E-state index < -0.39 is 0 Å². The molecule has 0 aliphatic carbocycles. The molecule has 154 valence electrons. The molecule has 0 spiro atoms. The van der Waals surface area contributed by atoms with Gasteiger partial charge < -0.3 is 4.74 Å². The van der Waals surface area contributed by atoms with Crippen LogP contribution in [0.2, 0.25) is 0 Å². The van der Waals surface area contributed by atoms with Gasteiger partial charge in [-0.3, -0.25) is 9.36 Å². The number of benzene rings is 2. The van der Waals surface area contributed by atoms with Gasteiger partial charge in [0.05, 0.1) is 5.69 Å². The van der Waals surface area contributed by atoms with Gasteiger partial charge in [0.25, 0.3) is 0 Å². The molecule has 4 aromatic rings. The number of rotatable bonds is 0. The molecule has 0 atom stereocenters. The zero-order valence-electron chi connectivity index (χ0n) is 17.3. The van der Waals surface area contributed by atoms with Crippen LogP contribution < -0.4 is 4.74 Å². The van der Waals surface area contributed by atoms with Crippen LogP contribution in [0, 0.1) is 12.1 Å². The summed E-state index contributed by atoms with van der Waals surface area (Å²) in [6.07, 6.45) is 3.86. The molecule has 1 aliphatic heterocycles. The molecule has 6 heteroatoms. The summed E-state index contributed by atoms with van der Waals surface area (Å²) >= 11 is 0. The van der Waals surface area contributed by atoms with E-state index in [-0.39, 0.29) is 31.9 Å². The minimum Gasteiger partial charge on any atom is -0.465 e. The zero-order chi connectivity index (χ0) is 20.2. The summed E-state index contributed by atoms with van der Waals surface area (Å²) in [4.78, 5) is 0. The van der Waals surface area contributed by atoms with Crippen molar-refractivity contribution in [1.82, 2.24) is 19.6 Å². The van der Waals surface area contributed by atoms with Crippen molar-refractivity contribution in [2.24, 2.45) is 0 Å². The molecule has 0 N–H and O–H groups in total. The molecular formula is C24H22N4OPt. The Balaban J connectivity index is 0.00000218. The van der Waals surface area contributed by atoms with Crippen LogP contribution >= 0.6 is 0 Å². The second-order valence-corrected chi connectivity index (χ2v) is 8.45. The van der Waals surface area contributed by atoms with Crippen molar-refractivity contribution in [2.75, 3.05) is 0 Å². The molecule has 2 aromatic carbocycles. The average Bonchev–Trinajstić information content (AvgIpc) is 3.38. The van der Waals surface area contributed by atoms with E-state index >= 15 is 0 Å². The third kappa shape index (κ3) is 3.22. The molecule has 5 rings (SSSR count). The number of hydrogen-bond donors (Lipinski definition) is 0. The molecule has 0 amide bonds. The van der Waals surface area contributed by atoms with Crippen LogP contribution in [-0.2, 0) is 31.9 Å². The molecule has 30 heavy (non-hydrogen) atoms. The van der Waals surface area contributed by atoms with E-state index in [4.69, 9.17) is 9.84 Å². The average molecular weight is 578 g/mol. The number of nitrogens with zero attached hydrogens (tertiary/aromatic N) is 4. The van der Waals surface area contributed by atoms with Crippen LogP contribution in [0.15, 0.2) is 60.9 Å². The van der Waals surface area contributed by atoms with Crippen molar-refractivity contribution in [3.63, 3.8) is 0 Å². The van der Waals surface area contributed by atoms with Crippen molar-refractivity contribution >= 4 is 0 Å². The molecule has 0 saturated heterocycles. The van der Waals surface area contributed by atoms with Crippen LogP contribution in [0.5, 0.6) is 11.6 Å². The van der Waals surface area contributed by atoms with Crippen LogP contribution in [0.25, 0.3) is 11.4 Å². The maximum absolute atomic E-state index is 5.93. The summed E-state index contributed by atoms with van der Waals surface area (Å²) in [5, 5.41) is 9.46. The Morgan fingerprint density at radius 3 is 2.23 bits per heavy atom. The van der Waals surface area contributed by atoms with Crippen molar-refractivity contribution in [3.8, 4) is 23.0 Å². The first-order valence-corrected chi connectivity index (χ1v) is 9.70. The fraction of sp³-hybridized carbons (Fsp3) is 0.250. The molecule has 5 nitrogen and oxygen atoms in total. The van der Waals surface area contributed by atoms with Crippen molar-refractivity contribution < 1.29 is 25.8 Å². The Hall–Kier alpha value is -2.65. The van der Waals surface area contributed by atoms with Gasteiger partial charge >= 0.3 is 21.1 Å². The van der Waals surface area contributed by atoms with Gasteiger partial charge in [-0.2, -0.15) is 34.9 Å². The van der Waals surface area contributed by atoms with E-state index in [0.29, 0.717) is 11.6 Å². The van der Waals surface area contributed by atoms with Crippen LogP contribution in [0.1, 0.15) is 39.0 Å². The van der Waals surface area contributed by atoms with Crippen LogP contribution in [0.3, 0.4) is 0 Å². The minimum atomic E-state index is -0.239. The maximum Gasteiger partial charge on any atom is 2.00 e. The second-order valence-electron chi connectivity index (χ2n) is 8.45. The summed E-state index contributed by atoms with van der Waals surface area (Å²) in [5.74, 6) is 1.10. The first kappa shape index (κ1) is 20.6. The van der Waals surface area contributed by atoms with Crippen LogP contribution in [0.4, 0.5) is 0 Å². The summed E-state index contributed by atoms with van der Waals surface area (Å²) in [5.41, 5.74) is 3.35. The third-order valence-corrected chi connectivity index (χ3v) is 6.27. The molecule has 1 aliphatic rings. The van der Waals surface area contributed by atoms with Crippen molar-refractivity contribution in [1.29, 1.82) is 0 Å². The predicted molar refractivity (Wildman–Crippen MR) is 111 cm³/mol. The Bertz CT molecular complexity index is 1210. The zero-order valence-corrected chi connectivity index (χ0v) is 19.6. The maximum atomic E-state index is 5.93. The van der Waals surface area contributed by atoms with E-state index in [1.54, 1.807) is 4.68 Å². The Morgan fingerprint density at radius 2 is 1.43 bits per heavy atom. The molecule has 0 saturated carbocycles. The van der Waals surface area contributed by atoms with Gasteiger partial charge in [-0.15, -0.1) is 29.4 Å². The second kappa shape index (κ2) is 7.24. The van der Waals surface area contributed by atoms with E-state index in [2.05, 4.69) is 63.1 Å². The molecule has 0 fully saturated rings. The summed E-state index contributed by atoms with van der Waals surface area (Å²) in [7, 11) is 0. The van der Waals surface area contributed by atoms with Gasteiger partial charge in [-0.25, -0.2) is 0 Å². The SMILES string of the molecule is CC1(C)c2[c-]c(ccc2)-n2ccc(n2)Oc2[c-]c(ccc2)-n2ccc(n2)C1(C)C.[Pt+2]. The molecule has 3 heterocycles. The van der Waals surface area contributed by atoms with Gasteiger partial charge in [0, 0.05) is 29.6 Å². The standard InChI is InChI=1S/C24H22N4O.Pt/c1-23(2)17-7-5-8-18(15-17)28-14-12-22(26-28)29-20-10-6-9-19(16-20)27-13-11-21(25-27)24(23,3)4;/h5-14H,1-4H3;/q-2;+2. The summed E-state index contributed by atoms with van der Waals surface area (Å²) in [6.45, 7) is 8.94. The predicted octanol–water partition coefficient (Wildman–Crippen LogP) is 5.02. The smallest absolute Gasteiger partial charge is 0.465 e. The normalized spacial score (nSPS) is 15.9. The van der Waals surface area contributed by atoms with Gasteiger partial charge in [-0.1, -0.05) is 27.7 Å². The fourth-order valence-electron chi connectivity index (χ4n) is 3.64. The minimum absolute atomic E-state index is 0. The van der Waals surface area contributed by atoms with Gasteiger partial charge in [0.15, 0.2) is 0 Å². The van der Waals surface area contributed by atoms with E-state index in [9.17, 15) is 0 Å². The fourth-order valence-corrected chi connectivity index (χ4v) is 3.64. The van der Waals surface area contributed by atoms with Crippen molar-refractivity contribution in [3.05, 3.63) is 84.3 Å². The molecule has 0 radical (unpaired) electrons. The Morgan fingerprint density at radius 1 is 0.767 bits per heavy atom. The molecule has 8 bridgehead atoms. The van der Waals surface area contributed by atoms with Gasteiger partial charge in [0.1, 0.15) is 0 Å². The first-order chi connectivity index (χ1) is 13.8. The molecule has 2 aromatic heterocycles. The quantitative estimate of drug-likeness (QED) is 0.276. The summed E-state index contributed by atoms with van der Waals surface area (Å²) < 4.78 is 9.57. The number of aromatic nitrogens is 4. The largest absolute Gasteiger partial charge is 2.00 e. The van der Waals surface area contributed by atoms with E-state index in [1.807, 2.05) is 47.4 Å². The van der Waals surface area contributed by atoms with Gasteiger partial charge in [0.2, 0.25) is 5.88 Å². The number of ether oxygens (including phenoxy) is 1. The monoisotopic (exact) mass is 577 g/mol. The Kier molecular flexibility index (Phi) is 4.98. The molecular weight excluding hydrogens is 555 g/mol. The Labute approximate surface area is 191 Å². The third-order valence-electron chi connectivity index (χ3n) is 6.27. The van der Waals surface area contributed by atoms with E-state index in [1.165, 1.54) is 0 Å². The topological polar surface area (TPSA) is 44.9 Å². The number of fused-ring (bicyclic) bond motifs is 10. The van der Waals surface area contributed by atoms with Crippen LogP contribution in [-0.4, -0.2) is 19.6 Å². The molecule has 0 unspecified atom stereocenters. The summed E-state index contributed by atoms with van der Waals surface area (Å²) in [6, 6.07) is 22.7. The van der Waals surface area contributed by atoms with Crippen molar-refractivity contribution in [2.45, 2.75) is 38.5 Å². The number of hydrogen-bond acceptors (Lipinski definition) is 3. The van der Waals surface area contributed by atoms with Gasteiger partial charge in [-0.05, 0) is 22.9 Å². The first-order valence-electron chi connectivity index (χ1n) is 9.70. The van der Waals surface area contributed by atoms with E-state index in [0.717, 1.165) is 22.6 Å².